The number of aryl methyl sites for hydroxylation is 3. The normalized spacial score (nSPS) is 12.8. The van der Waals surface area contributed by atoms with Crippen LogP contribution in [-0.4, -0.2) is 22.4 Å². The summed E-state index contributed by atoms with van der Waals surface area (Å²) in [5.74, 6) is -0.336. The summed E-state index contributed by atoms with van der Waals surface area (Å²) in [7, 11) is 0.768. The van der Waals surface area contributed by atoms with Gasteiger partial charge in [0.25, 0.3) is 0 Å². The van der Waals surface area contributed by atoms with Gasteiger partial charge in [-0.15, -0.1) is 53.6 Å². The molecule has 7 aromatic rings. The first-order valence-corrected chi connectivity index (χ1v) is 18.3. The summed E-state index contributed by atoms with van der Waals surface area (Å²) in [4.78, 5) is 13.7. The number of hydrogen-bond acceptors (Lipinski definition) is 5. The second-order valence-electron chi connectivity index (χ2n) is 14.6. The van der Waals surface area contributed by atoms with Crippen molar-refractivity contribution >= 4 is 48.2 Å². The fraction of sp³-hybridized carbons (Fsp3) is 0.205. The van der Waals surface area contributed by atoms with Crippen molar-refractivity contribution in [2.45, 2.75) is 54.9 Å². The SMILES string of the molecule is CC1=NB(c2c(F)cc3c(oc4c(-c5cc(CC(C)(C)C)c(C)cn5)[c-]ccc43)c2-c2ccccc2)N=P1.Cc1c[c-]c(-c2ccc(C)cn2)cc1.[Ir]. The van der Waals surface area contributed by atoms with Gasteiger partial charge in [-0.1, -0.05) is 92.7 Å². The summed E-state index contributed by atoms with van der Waals surface area (Å²) in [6.07, 6.45) is 4.73. The average molecular weight is 893 g/mol. The summed E-state index contributed by atoms with van der Waals surface area (Å²) in [5.41, 5.74) is 12.7. The number of pyridine rings is 2. The van der Waals surface area contributed by atoms with E-state index in [0.717, 1.165) is 59.3 Å². The van der Waals surface area contributed by atoms with Crippen molar-refractivity contribution in [2.24, 2.45) is 15.0 Å². The fourth-order valence-electron chi connectivity index (χ4n) is 6.43. The second kappa shape index (κ2) is 15.8. The van der Waals surface area contributed by atoms with Gasteiger partial charge in [-0.3, -0.25) is 4.66 Å². The first-order chi connectivity index (χ1) is 24.9. The summed E-state index contributed by atoms with van der Waals surface area (Å²) >= 11 is 0. The molecule has 0 saturated heterocycles. The van der Waals surface area contributed by atoms with Crippen LogP contribution >= 0.6 is 8.37 Å². The number of halogens is 1. The molecule has 0 fully saturated rings. The maximum absolute atomic E-state index is 15.9. The molecular formula is C44H39BFIrN4OP-2. The van der Waals surface area contributed by atoms with E-state index < -0.39 is 6.98 Å². The van der Waals surface area contributed by atoms with Crippen molar-refractivity contribution in [1.29, 1.82) is 0 Å². The molecule has 8 rings (SSSR count). The van der Waals surface area contributed by atoms with Crippen molar-refractivity contribution in [3.05, 3.63) is 138 Å². The molecule has 0 atom stereocenters. The van der Waals surface area contributed by atoms with Gasteiger partial charge in [0.05, 0.1) is 11.0 Å². The quantitative estimate of drug-likeness (QED) is 0.0982. The van der Waals surface area contributed by atoms with Crippen molar-refractivity contribution in [2.75, 3.05) is 0 Å². The zero-order valence-electron chi connectivity index (χ0n) is 30.9. The number of furan rings is 1. The molecule has 0 N–H and O–H groups in total. The summed E-state index contributed by atoms with van der Waals surface area (Å²) in [6.45, 7) is 14.2. The third kappa shape index (κ3) is 8.31. The predicted molar refractivity (Wildman–Crippen MR) is 215 cm³/mol. The van der Waals surface area contributed by atoms with E-state index in [1.807, 2.05) is 86.9 Å². The minimum Gasteiger partial charge on any atom is -0.500 e. The van der Waals surface area contributed by atoms with E-state index in [2.05, 4.69) is 79.5 Å². The molecule has 0 bridgehead atoms. The predicted octanol–water partition coefficient (Wildman–Crippen LogP) is 11.6. The largest absolute Gasteiger partial charge is 0.500 e. The standard InChI is InChI=1S/C31H27BFN3OP.C13H12N.Ir/c1-18-17-34-26(14-21(18)16-31(3,4)5)23-13-9-12-22-24-15-25(33)28(32-35-19(2)38-36-32)27(30(24)37-29(22)23)20-10-7-6-8-11-20;1-10-3-6-12(7-4-10)13-8-5-11(2)9-14-13;/h6-12,14-15,17H,16H2,1-5H3;3-6,8-9H,1-2H3;/q2*-1;. The molecule has 5 nitrogen and oxygen atoms in total. The third-order valence-corrected chi connectivity index (χ3v) is 9.74. The van der Waals surface area contributed by atoms with Gasteiger partial charge in [0.1, 0.15) is 11.4 Å². The number of hydrogen-bond donors (Lipinski definition) is 0. The van der Waals surface area contributed by atoms with Crippen molar-refractivity contribution in [3.63, 3.8) is 0 Å². The van der Waals surface area contributed by atoms with E-state index in [0.29, 0.717) is 27.6 Å². The first-order valence-electron chi connectivity index (χ1n) is 17.4. The molecule has 0 unspecified atom stereocenters. The molecule has 0 aliphatic carbocycles. The monoisotopic (exact) mass is 893 g/mol. The Kier molecular flexibility index (Phi) is 11.4. The van der Waals surface area contributed by atoms with Crippen molar-refractivity contribution < 1.29 is 28.9 Å². The summed E-state index contributed by atoms with van der Waals surface area (Å²) in [6, 6.07) is 34.1. The smallest absolute Gasteiger partial charge is 0.456 e. The van der Waals surface area contributed by atoms with Crippen LogP contribution in [0.1, 0.15) is 49.9 Å². The Labute approximate surface area is 326 Å². The molecule has 4 heterocycles. The van der Waals surface area contributed by atoms with Crippen molar-refractivity contribution in [3.8, 4) is 33.6 Å². The van der Waals surface area contributed by atoms with Gasteiger partial charge < -0.3 is 19.3 Å². The van der Waals surface area contributed by atoms with Crippen LogP contribution in [0.25, 0.3) is 55.6 Å². The van der Waals surface area contributed by atoms with Crippen LogP contribution < -0.4 is 5.46 Å². The number of benzene rings is 4. The van der Waals surface area contributed by atoms with Crippen LogP contribution in [0.15, 0.2) is 111 Å². The Morgan fingerprint density at radius 3 is 2.23 bits per heavy atom. The molecule has 9 heteroatoms. The van der Waals surface area contributed by atoms with Crippen LogP contribution in [0.4, 0.5) is 4.39 Å². The first kappa shape index (κ1) is 38.1. The zero-order chi connectivity index (χ0) is 36.6. The molecular weight excluding hydrogens is 854 g/mol. The minimum atomic E-state index is -0.603. The molecule has 267 valence electrons. The molecule has 1 aliphatic heterocycles. The van der Waals surface area contributed by atoms with Gasteiger partial charge in [-0.2, -0.15) is 0 Å². The van der Waals surface area contributed by atoms with E-state index in [-0.39, 0.29) is 31.3 Å². The molecule has 3 aromatic heterocycles. The minimum absolute atomic E-state index is 0. The maximum Gasteiger partial charge on any atom is 0.456 e. The number of fused-ring (bicyclic) bond motifs is 3. The number of aromatic nitrogens is 2. The maximum atomic E-state index is 15.9. The number of nitrogens with zero attached hydrogens (tertiary/aromatic N) is 4. The fourth-order valence-corrected chi connectivity index (χ4v) is 7.04. The average Bonchev–Trinajstić information content (AvgIpc) is 3.72. The molecule has 53 heavy (non-hydrogen) atoms. The van der Waals surface area contributed by atoms with E-state index >= 15 is 4.39 Å². The topological polar surface area (TPSA) is 63.6 Å². The summed E-state index contributed by atoms with van der Waals surface area (Å²) < 4.78 is 27.2. The Morgan fingerprint density at radius 2 is 1.57 bits per heavy atom. The van der Waals surface area contributed by atoms with Crippen LogP contribution in [0.3, 0.4) is 0 Å². The van der Waals surface area contributed by atoms with Gasteiger partial charge in [0.2, 0.25) is 0 Å². The van der Waals surface area contributed by atoms with Crippen LogP contribution in [0.5, 0.6) is 0 Å². The molecule has 0 spiro atoms. The molecule has 1 aliphatic rings. The van der Waals surface area contributed by atoms with Gasteiger partial charge in [-0.05, 0) is 66.8 Å². The van der Waals surface area contributed by atoms with E-state index in [1.54, 1.807) is 6.07 Å². The summed E-state index contributed by atoms with van der Waals surface area (Å²) in [5, 5.41) is 1.55. The van der Waals surface area contributed by atoms with Crippen LogP contribution in [0.2, 0.25) is 0 Å². The Bertz CT molecular complexity index is 2430. The van der Waals surface area contributed by atoms with E-state index in [1.165, 1.54) is 16.7 Å². The van der Waals surface area contributed by atoms with Gasteiger partial charge >= 0.3 is 6.98 Å². The molecule has 0 amide bonds. The van der Waals surface area contributed by atoms with Crippen LogP contribution in [0, 0.1) is 44.1 Å². The van der Waals surface area contributed by atoms with E-state index in [4.69, 9.17) is 9.40 Å². The Hall–Kier alpha value is -4.61. The Balaban J connectivity index is 0.000000269. The van der Waals surface area contributed by atoms with Crippen LogP contribution in [-0.2, 0) is 26.5 Å². The second-order valence-corrected chi connectivity index (χ2v) is 15.7. The van der Waals surface area contributed by atoms with E-state index in [9.17, 15) is 0 Å². The van der Waals surface area contributed by atoms with Crippen molar-refractivity contribution in [1.82, 2.24) is 9.97 Å². The zero-order valence-corrected chi connectivity index (χ0v) is 34.2. The Morgan fingerprint density at radius 1 is 0.811 bits per heavy atom. The number of rotatable bonds is 5. The molecule has 1 radical (unpaired) electrons. The third-order valence-electron chi connectivity index (χ3n) is 9.00. The molecule has 4 aromatic carbocycles. The van der Waals surface area contributed by atoms with Gasteiger partial charge in [-0.25, -0.2) is 4.39 Å². The van der Waals surface area contributed by atoms with Gasteiger partial charge in [0.15, 0.2) is 0 Å². The molecule has 0 saturated carbocycles. The van der Waals surface area contributed by atoms with Gasteiger partial charge in [0, 0.05) is 57.3 Å².